The van der Waals surface area contributed by atoms with Crippen molar-refractivity contribution < 1.29 is 31.9 Å². The van der Waals surface area contributed by atoms with Gasteiger partial charge in [-0.25, -0.2) is 13.6 Å². The monoisotopic (exact) mass is 1030 g/mol. The van der Waals surface area contributed by atoms with Gasteiger partial charge < -0.3 is 23.7 Å². The van der Waals surface area contributed by atoms with E-state index in [9.17, 15) is 9.18 Å². The number of carbonyl (C=O) groups is 1. The summed E-state index contributed by atoms with van der Waals surface area (Å²) < 4.78 is 69.6. The number of ether oxygens (including phenoxy) is 2. The van der Waals surface area contributed by atoms with Crippen LogP contribution in [0.4, 0.5) is 23.8 Å². The van der Waals surface area contributed by atoms with Gasteiger partial charge >= 0.3 is 12.1 Å². The fourth-order valence-electron chi connectivity index (χ4n) is 13.4. The van der Waals surface area contributed by atoms with Crippen LogP contribution in [0.2, 0.25) is 33.2 Å². The maximum Gasteiger partial charge on any atom is 0.410 e. The number of carbonyl (C=O) groups excluding carboxylic acids is 1. The quantitative estimate of drug-likeness (QED) is 0.0904. The number of aromatic nitrogens is 3. The van der Waals surface area contributed by atoms with Crippen molar-refractivity contribution in [2.45, 2.75) is 181 Å². The van der Waals surface area contributed by atoms with Gasteiger partial charge in [-0.3, -0.25) is 14.3 Å². The van der Waals surface area contributed by atoms with Crippen LogP contribution in [0.5, 0.6) is 11.8 Å². The molecular formula is C57H83F3N6O4Si2. The average molecular weight is 1030 g/mol. The van der Waals surface area contributed by atoms with E-state index < -0.39 is 45.7 Å². The molecule has 72 heavy (non-hydrogen) atoms. The zero-order chi connectivity index (χ0) is 53.0. The second-order valence-corrected chi connectivity index (χ2v) is 35.5. The summed E-state index contributed by atoms with van der Waals surface area (Å²) in [5.74, 6) is 2.97. The molecule has 5 heterocycles. The lowest BCUT2D eigenvalue weighted by Gasteiger charge is -2.43. The Labute approximate surface area is 430 Å². The molecule has 3 fully saturated rings. The number of amides is 1. The summed E-state index contributed by atoms with van der Waals surface area (Å²) >= 11 is 0. The lowest BCUT2D eigenvalue weighted by Crippen LogP contribution is -2.57. The SMILES string of the molecule is CC(C)[Si](C#Cc1c(F)ccc2cc(O[Si](C(C)C)(C(C)C)C(C)C)cc(-c3ncc4c(N5C[C@H]6CC[C@@H](C5)N6C(=O)OC(C)(C)C)nc(OC[C@]5(C)CN(C)CC[C@@H]5CF)nc4c3F)c12)(C(C)C)C(C)C. The molecule has 2 aromatic heterocycles. The molecule has 394 valence electrons. The van der Waals surface area contributed by atoms with E-state index in [1.807, 2.05) is 51.8 Å². The number of alkyl halides is 1. The van der Waals surface area contributed by atoms with Crippen LogP contribution < -0.4 is 14.1 Å². The van der Waals surface area contributed by atoms with Gasteiger partial charge in [0.05, 0.1) is 36.3 Å². The van der Waals surface area contributed by atoms with Crippen molar-refractivity contribution >= 4 is 50.0 Å². The molecular weight excluding hydrogens is 946 g/mol. The average Bonchev–Trinajstić information content (AvgIpc) is 3.56. The summed E-state index contributed by atoms with van der Waals surface area (Å²) in [6.07, 6.45) is 3.49. The Balaban J connectivity index is 1.47. The summed E-state index contributed by atoms with van der Waals surface area (Å²) in [4.78, 5) is 34.5. The highest BCUT2D eigenvalue weighted by atomic mass is 28.4. The standard InChI is InChI=1S/C57H83F3N6O4Si2/c1-34(2)71(35(3)4,36(5)6)25-23-45-48(59)21-18-40-26-44(70-72(37(7)8,38(9)10)39(11)12)27-46(49(40)45)51-50(60)52-47(29-61-51)53(63-54(62-52)68-33-57(16)32-64(17)24-22-41(57)28-58)65-30-42-19-20-43(31-65)66(42)55(67)69-56(13,14)15/h18,21,26-27,29,34-39,41-43H,19-20,22,24,28,30-33H2,1-17H3/t41-,42-,43+,57+/m1/s1. The highest BCUT2D eigenvalue weighted by Gasteiger charge is 2.48. The predicted octanol–water partition coefficient (Wildman–Crippen LogP) is 14.1. The van der Waals surface area contributed by atoms with Crippen LogP contribution in [0.15, 0.2) is 30.5 Å². The molecule has 3 aliphatic rings. The van der Waals surface area contributed by atoms with Crippen molar-refractivity contribution in [3.05, 3.63) is 47.7 Å². The van der Waals surface area contributed by atoms with Crippen LogP contribution >= 0.6 is 0 Å². The number of rotatable bonds is 14. The van der Waals surface area contributed by atoms with E-state index in [0.717, 1.165) is 19.4 Å². The van der Waals surface area contributed by atoms with Crippen molar-refractivity contribution in [1.82, 2.24) is 24.8 Å². The van der Waals surface area contributed by atoms with E-state index in [1.165, 1.54) is 6.07 Å². The molecule has 15 heteroatoms. The molecule has 0 N–H and O–H groups in total. The number of pyridine rings is 1. The summed E-state index contributed by atoms with van der Waals surface area (Å²) in [6, 6.07) is 6.61. The van der Waals surface area contributed by atoms with E-state index in [4.69, 9.17) is 28.9 Å². The number of anilines is 1. The molecule has 4 atom stereocenters. The van der Waals surface area contributed by atoms with Gasteiger partial charge in [0.1, 0.15) is 42.3 Å². The molecule has 0 saturated carbocycles. The predicted molar refractivity (Wildman–Crippen MR) is 292 cm³/mol. The van der Waals surface area contributed by atoms with Crippen LogP contribution in [0.3, 0.4) is 0 Å². The maximum atomic E-state index is 18.4. The van der Waals surface area contributed by atoms with E-state index in [2.05, 4.69) is 104 Å². The number of hydrogen-bond donors (Lipinski definition) is 0. The number of nitrogens with zero attached hydrogens (tertiary/aromatic N) is 6. The van der Waals surface area contributed by atoms with E-state index in [1.54, 1.807) is 12.3 Å². The first-order chi connectivity index (χ1) is 33.7. The van der Waals surface area contributed by atoms with Gasteiger partial charge in [0.25, 0.3) is 8.32 Å². The summed E-state index contributed by atoms with van der Waals surface area (Å²) in [6.45, 7) is 36.2. The maximum absolute atomic E-state index is 18.4. The summed E-state index contributed by atoms with van der Waals surface area (Å²) in [7, 11) is -2.90. The first-order valence-corrected chi connectivity index (χ1v) is 31.0. The normalized spacial score (nSPS) is 21.3. The Morgan fingerprint density at radius 2 is 1.49 bits per heavy atom. The molecule has 0 aliphatic carbocycles. The highest BCUT2D eigenvalue weighted by Crippen LogP contribution is 2.47. The minimum Gasteiger partial charge on any atom is -0.543 e. The molecule has 0 spiro atoms. The molecule has 3 aliphatic heterocycles. The largest absolute Gasteiger partial charge is 0.543 e. The summed E-state index contributed by atoms with van der Waals surface area (Å²) in [5, 5.41) is 1.49. The third kappa shape index (κ3) is 10.4. The van der Waals surface area contributed by atoms with Gasteiger partial charge in [-0.15, -0.1) is 5.54 Å². The fourth-order valence-corrected chi connectivity index (χ4v) is 23.8. The molecule has 10 nitrogen and oxygen atoms in total. The van der Waals surface area contributed by atoms with E-state index in [0.29, 0.717) is 76.0 Å². The Hall–Kier alpha value is -4.40. The third-order valence-electron chi connectivity index (χ3n) is 16.8. The van der Waals surface area contributed by atoms with Gasteiger partial charge in [-0.1, -0.05) is 102 Å². The molecule has 4 aromatic rings. The van der Waals surface area contributed by atoms with E-state index in [-0.39, 0.29) is 70.1 Å². The van der Waals surface area contributed by atoms with Gasteiger partial charge in [-0.05, 0) is 116 Å². The number of piperidine rings is 1. The zero-order valence-corrected chi connectivity index (χ0v) is 48.4. The first-order valence-electron chi connectivity index (χ1n) is 26.7. The van der Waals surface area contributed by atoms with Crippen LogP contribution in [0.25, 0.3) is 32.9 Å². The van der Waals surface area contributed by atoms with Crippen molar-refractivity contribution in [2.75, 3.05) is 51.4 Å². The second kappa shape index (κ2) is 21.1. The number of hydrogen-bond acceptors (Lipinski definition) is 9. The van der Waals surface area contributed by atoms with Gasteiger partial charge in [0.15, 0.2) is 5.82 Å². The van der Waals surface area contributed by atoms with Gasteiger partial charge in [-0.2, -0.15) is 9.97 Å². The number of likely N-dealkylation sites (tertiary alicyclic amines) is 1. The number of piperazine rings is 1. The molecule has 3 saturated heterocycles. The summed E-state index contributed by atoms with van der Waals surface area (Å²) in [5.41, 5.74) is 4.67. The lowest BCUT2D eigenvalue weighted by molar-refractivity contribution is 0.000302. The highest BCUT2D eigenvalue weighted by molar-refractivity contribution is 6.90. The second-order valence-electron chi connectivity index (χ2n) is 24.6. The molecule has 2 bridgehead atoms. The molecule has 1 amide bonds. The minimum atomic E-state index is -2.56. The molecule has 2 aromatic carbocycles. The zero-order valence-electron chi connectivity index (χ0n) is 46.4. The number of halogens is 3. The van der Waals surface area contributed by atoms with Crippen molar-refractivity contribution in [2.24, 2.45) is 11.3 Å². The van der Waals surface area contributed by atoms with Crippen LogP contribution in [0, 0.1) is 34.4 Å². The Morgan fingerprint density at radius 1 is 0.875 bits per heavy atom. The van der Waals surface area contributed by atoms with Crippen molar-refractivity contribution in [3.8, 4) is 34.5 Å². The third-order valence-corrected chi connectivity index (χ3v) is 29.1. The number of fused-ring (bicyclic) bond motifs is 4. The van der Waals surface area contributed by atoms with Crippen LogP contribution in [-0.2, 0) is 4.74 Å². The number of benzene rings is 2. The fraction of sp³-hybridized carbons (Fsp3) is 0.649. The topological polar surface area (TPSA) is 93.2 Å². The van der Waals surface area contributed by atoms with Crippen LogP contribution in [-0.4, -0.2) is 111 Å². The minimum absolute atomic E-state index is 0.0144. The van der Waals surface area contributed by atoms with Crippen molar-refractivity contribution in [1.29, 1.82) is 0 Å². The van der Waals surface area contributed by atoms with E-state index >= 15 is 8.78 Å². The Morgan fingerprint density at radius 3 is 2.04 bits per heavy atom. The Bertz CT molecular complexity index is 2640. The van der Waals surface area contributed by atoms with Gasteiger partial charge in [0, 0.05) is 42.2 Å². The smallest absolute Gasteiger partial charge is 0.410 e. The Kier molecular flexibility index (Phi) is 16.2. The first kappa shape index (κ1) is 55.4. The lowest BCUT2D eigenvalue weighted by atomic mass is 9.73. The molecule has 7 rings (SSSR count). The van der Waals surface area contributed by atoms with Crippen molar-refractivity contribution in [3.63, 3.8) is 0 Å². The van der Waals surface area contributed by atoms with Gasteiger partial charge in [0.2, 0.25) is 0 Å². The van der Waals surface area contributed by atoms with Crippen LogP contribution in [0.1, 0.15) is 136 Å². The molecule has 0 unspecified atom stereocenters. The molecule has 0 radical (unpaired) electrons.